The van der Waals surface area contributed by atoms with Crippen molar-refractivity contribution in [2.24, 2.45) is 0 Å². The molecule has 4 heteroatoms. The second kappa shape index (κ2) is 4.13. The van der Waals surface area contributed by atoms with Crippen molar-refractivity contribution in [3.63, 3.8) is 0 Å². The summed E-state index contributed by atoms with van der Waals surface area (Å²) < 4.78 is 5.89. The van der Waals surface area contributed by atoms with E-state index in [9.17, 15) is 0 Å². The molecule has 0 aliphatic heterocycles. The van der Waals surface area contributed by atoms with E-state index < -0.39 is 0 Å². The van der Waals surface area contributed by atoms with Crippen molar-refractivity contribution in [3.8, 4) is 11.8 Å². The van der Waals surface area contributed by atoms with Crippen molar-refractivity contribution in [1.29, 1.82) is 5.26 Å². The molecule has 0 aliphatic rings. The third kappa shape index (κ3) is 2.72. The van der Waals surface area contributed by atoms with Gasteiger partial charge < -0.3 is 4.74 Å². The van der Waals surface area contributed by atoms with Crippen LogP contribution in [0.4, 0.5) is 0 Å². The van der Waals surface area contributed by atoms with Gasteiger partial charge in [-0.25, -0.2) is 4.98 Å². The van der Waals surface area contributed by atoms with Crippen LogP contribution in [0.2, 0.25) is 0 Å². The molecule has 0 amide bonds. The lowest BCUT2D eigenvalue weighted by Crippen LogP contribution is -1.93. The Kier molecular flexibility index (Phi) is 3.11. The van der Waals surface area contributed by atoms with E-state index in [1.54, 1.807) is 12.3 Å². The van der Waals surface area contributed by atoms with Gasteiger partial charge in [0, 0.05) is 0 Å². The smallest absolute Gasteiger partial charge is 0.174 e. The monoisotopic (exact) mass is 260 g/mol. The molecule has 0 spiro atoms. The van der Waals surface area contributed by atoms with Crippen LogP contribution in [0.3, 0.4) is 0 Å². The van der Waals surface area contributed by atoms with Crippen LogP contribution in [0.1, 0.15) is 0 Å². The van der Waals surface area contributed by atoms with Gasteiger partial charge in [0.05, 0.1) is 6.20 Å². The second-order valence-electron chi connectivity index (χ2n) is 1.76. The molecule has 1 aromatic heterocycles. The van der Waals surface area contributed by atoms with Crippen LogP contribution >= 0.6 is 22.6 Å². The molecular weight excluding hydrogens is 255 g/mol. The molecule has 0 aliphatic carbocycles. The van der Waals surface area contributed by atoms with E-state index in [2.05, 4.69) is 27.6 Å². The lowest BCUT2D eigenvalue weighted by atomic mass is 10.5. The number of rotatable bonds is 2. The zero-order chi connectivity index (χ0) is 8.10. The Hall–Kier alpha value is -0.830. The number of nitriles is 1. The predicted molar refractivity (Wildman–Crippen MR) is 48.1 cm³/mol. The Morgan fingerprint density at radius 3 is 3.00 bits per heavy atom. The maximum absolute atomic E-state index is 8.19. The summed E-state index contributed by atoms with van der Waals surface area (Å²) in [5, 5.41) is 8.19. The first kappa shape index (κ1) is 8.27. The molecule has 0 atom stereocenters. The second-order valence-corrected chi connectivity index (χ2v) is 2.87. The van der Waals surface area contributed by atoms with Gasteiger partial charge in [0.15, 0.2) is 6.61 Å². The summed E-state index contributed by atoms with van der Waals surface area (Å²) in [7, 11) is 0. The largest absolute Gasteiger partial charge is 0.477 e. The average molecular weight is 260 g/mol. The molecule has 1 rings (SSSR count). The minimum absolute atomic E-state index is 0.0717. The molecule has 3 nitrogen and oxygen atoms in total. The number of nitrogens with zero attached hydrogens (tertiary/aromatic N) is 2. The Labute approximate surface area is 78.1 Å². The van der Waals surface area contributed by atoms with E-state index in [-0.39, 0.29) is 6.61 Å². The van der Waals surface area contributed by atoms with Gasteiger partial charge in [0.1, 0.15) is 15.5 Å². The molecule has 0 N–H and O–H groups in total. The quantitative estimate of drug-likeness (QED) is 0.599. The zero-order valence-electron chi connectivity index (χ0n) is 5.62. The lowest BCUT2D eigenvalue weighted by molar-refractivity contribution is 0.366. The van der Waals surface area contributed by atoms with Gasteiger partial charge in [-0.2, -0.15) is 5.26 Å². The normalized spacial score (nSPS) is 8.73. The average Bonchev–Trinajstić information content (AvgIpc) is 2.04. The molecule has 11 heavy (non-hydrogen) atoms. The molecule has 0 bridgehead atoms. The van der Waals surface area contributed by atoms with Gasteiger partial charge in [-0.05, 0) is 34.7 Å². The molecule has 0 fully saturated rings. The Morgan fingerprint density at radius 2 is 2.45 bits per heavy atom. The molecule has 56 valence electrons. The summed E-state index contributed by atoms with van der Waals surface area (Å²) in [6.07, 6.45) is 1.60. The summed E-state index contributed by atoms with van der Waals surface area (Å²) in [5.74, 6) is 0.631. The summed E-state index contributed by atoms with van der Waals surface area (Å²) in [6.45, 7) is 0.0717. The number of pyridine rings is 1. The Balaban J connectivity index is 2.60. The molecule has 0 aromatic carbocycles. The summed E-state index contributed by atoms with van der Waals surface area (Å²) >= 11 is 2.10. The van der Waals surface area contributed by atoms with Crippen molar-refractivity contribution in [2.45, 2.75) is 0 Å². The summed E-state index contributed by atoms with van der Waals surface area (Å²) in [4.78, 5) is 3.98. The number of hydrogen-bond donors (Lipinski definition) is 0. The first-order valence-electron chi connectivity index (χ1n) is 2.94. The number of ether oxygens (including phenoxy) is 1. The molecule has 1 aromatic rings. The van der Waals surface area contributed by atoms with Crippen molar-refractivity contribution < 1.29 is 4.74 Å². The molecule has 0 saturated carbocycles. The highest BCUT2D eigenvalue weighted by atomic mass is 127. The number of hydrogen-bond acceptors (Lipinski definition) is 3. The van der Waals surface area contributed by atoms with E-state index in [4.69, 9.17) is 10.00 Å². The topological polar surface area (TPSA) is 45.9 Å². The SMILES string of the molecule is N#CCOc1ccc(I)nc1. The molecular formula is C7H5IN2O. The fourth-order valence-electron chi connectivity index (χ4n) is 0.563. The predicted octanol–water partition coefficient (Wildman–Crippen LogP) is 1.59. The van der Waals surface area contributed by atoms with Gasteiger partial charge in [-0.15, -0.1) is 0 Å². The van der Waals surface area contributed by atoms with E-state index >= 15 is 0 Å². The minimum atomic E-state index is 0.0717. The van der Waals surface area contributed by atoms with Crippen LogP contribution in [-0.4, -0.2) is 11.6 Å². The van der Waals surface area contributed by atoms with Gasteiger partial charge in [0.25, 0.3) is 0 Å². The summed E-state index contributed by atoms with van der Waals surface area (Å²) in [6, 6.07) is 5.49. The van der Waals surface area contributed by atoms with E-state index in [1.807, 2.05) is 12.1 Å². The van der Waals surface area contributed by atoms with Gasteiger partial charge in [0.2, 0.25) is 0 Å². The van der Waals surface area contributed by atoms with Crippen LogP contribution in [0.5, 0.6) is 5.75 Å². The molecule has 1 heterocycles. The molecule has 0 radical (unpaired) electrons. The third-order valence-electron chi connectivity index (χ3n) is 1.00. The number of halogens is 1. The fraction of sp³-hybridized carbons (Fsp3) is 0.143. The van der Waals surface area contributed by atoms with Crippen LogP contribution < -0.4 is 4.74 Å². The first-order valence-corrected chi connectivity index (χ1v) is 4.02. The maximum Gasteiger partial charge on any atom is 0.174 e. The standard InChI is InChI=1S/C7H5IN2O/c8-7-2-1-6(5-10-7)11-4-3-9/h1-2,5H,4H2. The highest BCUT2D eigenvalue weighted by Gasteiger charge is 1.91. The van der Waals surface area contributed by atoms with Crippen LogP contribution in [0.25, 0.3) is 0 Å². The zero-order valence-corrected chi connectivity index (χ0v) is 7.78. The van der Waals surface area contributed by atoms with Gasteiger partial charge in [-0.3, -0.25) is 0 Å². The fourth-order valence-corrected chi connectivity index (χ4v) is 0.882. The lowest BCUT2D eigenvalue weighted by Gasteiger charge is -1.98. The first-order chi connectivity index (χ1) is 5.33. The van der Waals surface area contributed by atoms with Crippen LogP contribution in [0, 0.1) is 15.0 Å². The van der Waals surface area contributed by atoms with Gasteiger partial charge >= 0.3 is 0 Å². The summed E-state index contributed by atoms with van der Waals surface area (Å²) in [5.41, 5.74) is 0. The van der Waals surface area contributed by atoms with E-state index in [1.165, 1.54) is 0 Å². The highest BCUT2D eigenvalue weighted by Crippen LogP contribution is 2.09. The van der Waals surface area contributed by atoms with Crippen molar-refractivity contribution in [1.82, 2.24) is 4.98 Å². The molecule has 0 unspecified atom stereocenters. The third-order valence-corrected chi connectivity index (χ3v) is 1.64. The van der Waals surface area contributed by atoms with Gasteiger partial charge in [-0.1, -0.05) is 0 Å². The molecule has 0 saturated heterocycles. The Bertz CT molecular complexity index is 265. The Morgan fingerprint density at radius 1 is 1.64 bits per heavy atom. The maximum atomic E-state index is 8.19. The van der Waals surface area contributed by atoms with Crippen LogP contribution in [0.15, 0.2) is 18.3 Å². The number of aromatic nitrogens is 1. The van der Waals surface area contributed by atoms with Crippen molar-refractivity contribution in [3.05, 3.63) is 22.0 Å². The van der Waals surface area contributed by atoms with E-state index in [0.29, 0.717) is 5.75 Å². The van der Waals surface area contributed by atoms with Crippen molar-refractivity contribution >= 4 is 22.6 Å². The highest BCUT2D eigenvalue weighted by molar-refractivity contribution is 14.1. The van der Waals surface area contributed by atoms with E-state index in [0.717, 1.165) is 3.70 Å². The van der Waals surface area contributed by atoms with Crippen LogP contribution in [-0.2, 0) is 0 Å². The van der Waals surface area contributed by atoms with Crippen molar-refractivity contribution in [2.75, 3.05) is 6.61 Å². The minimum Gasteiger partial charge on any atom is -0.477 e.